The molecule has 0 aromatic heterocycles. The maximum atomic E-state index is 13.6. The monoisotopic (exact) mass is 271 g/mol. The van der Waals surface area contributed by atoms with E-state index in [1.807, 2.05) is 0 Å². The number of likely N-dealkylation sites (N-methyl/N-ethyl adjacent to an activating group) is 1. The van der Waals surface area contributed by atoms with Crippen molar-refractivity contribution < 1.29 is 13.9 Å². The summed E-state index contributed by atoms with van der Waals surface area (Å²) in [6.07, 6.45) is 0.0116. The molecule has 1 heterocycles. The summed E-state index contributed by atoms with van der Waals surface area (Å²) in [4.78, 5) is 12.1. The average Bonchev–Trinajstić information content (AvgIpc) is 2.82. The number of ether oxygens (including phenoxy) is 1. The Labute approximate surface area is 110 Å². The van der Waals surface area contributed by atoms with Crippen LogP contribution in [0.25, 0.3) is 0 Å². The molecule has 98 valence electrons. The molecule has 0 aliphatic carbocycles. The number of rotatable bonds is 4. The average molecular weight is 272 g/mol. The zero-order valence-corrected chi connectivity index (χ0v) is 10.8. The topological polar surface area (TPSA) is 38.3 Å². The number of benzene rings is 1. The standard InChI is InChI=1S/C13H15ClFNO2/c1-16-12-7-18-6-9(12)13(17)5-8-10(14)3-2-4-11(8)15/h2-4,9,12,16H,5-7H2,1H3. The van der Waals surface area contributed by atoms with Gasteiger partial charge in [-0.3, -0.25) is 4.79 Å². The summed E-state index contributed by atoms with van der Waals surface area (Å²) in [5.74, 6) is -0.708. The van der Waals surface area contributed by atoms with Gasteiger partial charge in [-0.1, -0.05) is 17.7 Å². The molecule has 2 rings (SSSR count). The van der Waals surface area contributed by atoms with E-state index < -0.39 is 5.82 Å². The van der Waals surface area contributed by atoms with Gasteiger partial charge in [-0.25, -0.2) is 4.39 Å². The van der Waals surface area contributed by atoms with Crippen LogP contribution in [0.5, 0.6) is 0 Å². The predicted octanol–water partition coefficient (Wildman–Crippen LogP) is 1.83. The molecule has 1 saturated heterocycles. The van der Waals surface area contributed by atoms with Gasteiger partial charge in [-0.05, 0) is 19.2 Å². The molecule has 1 aromatic carbocycles. The second-order valence-corrected chi connectivity index (χ2v) is 4.79. The molecule has 2 unspecified atom stereocenters. The summed E-state index contributed by atoms with van der Waals surface area (Å²) in [7, 11) is 1.79. The lowest BCUT2D eigenvalue weighted by Crippen LogP contribution is -2.37. The van der Waals surface area contributed by atoms with Gasteiger partial charge >= 0.3 is 0 Å². The highest BCUT2D eigenvalue weighted by molar-refractivity contribution is 6.31. The van der Waals surface area contributed by atoms with Gasteiger partial charge in [0.05, 0.1) is 19.1 Å². The highest BCUT2D eigenvalue weighted by Crippen LogP contribution is 2.23. The van der Waals surface area contributed by atoms with Gasteiger partial charge in [-0.2, -0.15) is 0 Å². The molecule has 1 N–H and O–H groups in total. The van der Waals surface area contributed by atoms with Crippen molar-refractivity contribution >= 4 is 17.4 Å². The molecule has 1 aliphatic rings. The number of ketones is 1. The second kappa shape index (κ2) is 5.78. The minimum atomic E-state index is -0.434. The van der Waals surface area contributed by atoms with E-state index in [-0.39, 0.29) is 29.7 Å². The van der Waals surface area contributed by atoms with Crippen molar-refractivity contribution in [3.63, 3.8) is 0 Å². The Morgan fingerprint density at radius 2 is 2.33 bits per heavy atom. The highest BCUT2D eigenvalue weighted by atomic mass is 35.5. The first-order valence-corrected chi connectivity index (χ1v) is 6.22. The number of nitrogens with one attached hydrogen (secondary N) is 1. The predicted molar refractivity (Wildman–Crippen MR) is 67.3 cm³/mol. The van der Waals surface area contributed by atoms with Crippen molar-refractivity contribution in [1.82, 2.24) is 5.32 Å². The van der Waals surface area contributed by atoms with Gasteiger partial charge in [0.15, 0.2) is 0 Å². The van der Waals surface area contributed by atoms with E-state index in [4.69, 9.17) is 16.3 Å². The van der Waals surface area contributed by atoms with E-state index >= 15 is 0 Å². The third-order valence-electron chi connectivity index (χ3n) is 3.28. The minimum Gasteiger partial charge on any atom is -0.379 e. The van der Waals surface area contributed by atoms with Crippen LogP contribution in [0.4, 0.5) is 4.39 Å². The van der Waals surface area contributed by atoms with E-state index in [0.717, 1.165) is 0 Å². The summed E-state index contributed by atoms with van der Waals surface area (Å²) >= 11 is 5.91. The Kier molecular flexibility index (Phi) is 4.32. The van der Waals surface area contributed by atoms with Crippen LogP contribution in [0.3, 0.4) is 0 Å². The normalized spacial score (nSPS) is 23.3. The van der Waals surface area contributed by atoms with Crippen LogP contribution < -0.4 is 5.32 Å². The van der Waals surface area contributed by atoms with Crippen molar-refractivity contribution in [2.75, 3.05) is 20.3 Å². The molecule has 0 spiro atoms. The maximum Gasteiger partial charge on any atom is 0.144 e. The van der Waals surface area contributed by atoms with Crippen LogP contribution in [0.15, 0.2) is 18.2 Å². The van der Waals surface area contributed by atoms with E-state index in [0.29, 0.717) is 18.2 Å². The van der Waals surface area contributed by atoms with Crippen molar-refractivity contribution in [1.29, 1.82) is 0 Å². The first-order valence-electron chi connectivity index (χ1n) is 5.84. The summed E-state index contributed by atoms with van der Waals surface area (Å²) in [6.45, 7) is 0.897. The lowest BCUT2D eigenvalue weighted by atomic mass is 9.93. The smallest absolute Gasteiger partial charge is 0.144 e. The summed E-state index contributed by atoms with van der Waals surface area (Å²) in [5.41, 5.74) is 0.269. The van der Waals surface area contributed by atoms with Gasteiger partial charge in [0.1, 0.15) is 11.6 Å². The van der Waals surface area contributed by atoms with Gasteiger partial charge < -0.3 is 10.1 Å². The van der Waals surface area contributed by atoms with E-state index in [2.05, 4.69) is 5.32 Å². The van der Waals surface area contributed by atoms with Gasteiger partial charge in [-0.15, -0.1) is 0 Å². The summed E-state index contributed by atoms with van der Waals surface area (Å²) in [6, 6.07) is 4.44. The zero-order chi connectivity index (χ0) is 13.1. The van der Waals surface area contributed by atoms with Crippen LogP contribution in [-0.4, -0.2) is 32.1 Å². The third-order valence-corrected chi connectivity index (χ3v) is 3.63. The number of halogens is 2. The molecular weight excluding hydrogens is 257 g/mol. The summed E-state index contributed by atoms with van der Waals surface area (Å²) in [5, 5.41) is 3.33. The van der Waals surface area contributed by atoms with Crippen molar-refractivity contribution in [2.45, 2.75) is 12.5 Å². The van der Waals surface area contributed by atoms with Crippen LogP contribution in [0, 0.1) is 11.7 Å². The van der Waals surface area contributed by atoms with Crippen LogP contribution >= 0.6 is 11.6 Å². The van der Waals surface area contributed by atoms with Crippen LogP contribution in [0.1, 0.15) is 5.56 Å². The minimum absolute atomic E-state index is 0.00282. The number of carbonyl (C=O) groups is 1. The number of carbonyl (C=O) groups excluding carboxylic acids is 1. The Balaban J connectivity index is 2.12. The van der Waals surface area contributed by atoms with Gasteiger partial charge in [0.25, 0.3) is 0 Å². The molecule has 5 heteroatoms. The van der Waals surface area contributed by atoms with E-state index in [9.17, 15) is 9.18 Å². The number of hydrogen-bond donors (Lipinski definition) is 1. The first-order chi connectivity index (χ1) is 8.63. The van der Waals surface area contributed by atoms with E-state index in [1.165, 1.54) is 12.1 Å². The molecule has 1 aromatic rings. The Hall–Kier alpha value is -0.970. The van der Waals surface area contributed by atoms with E-state index in [1.54, 1.807) is 13.1 Å². The van der Waals surface area contributed by atoms with Gasteiger partial charge in [0, 0.05) is 23.0 Å². The van der Waals surface area contributed by atoms with Gasteiger partial charge in [0.2, 0.25) is 0 Å². The first kappa shape index (κ1) is 13.5. The SMILES string of the molecule is CNC1COCC1C(=O)Cc1c(F)cccc1Cl. The fourth-order valence-corrected chi connectivity index (χ4v) is 2.39. The van der Waals surface area contributed by atoms with Crippen LogP contribution in [-0.2, 0) is 16.0 Å². The largest absolute Gasteiger partial charge is 0.379 e. The van der Waals surface area contributed by atoms with Crippen molar-refractivity contribution in [3.8, 4) is 0 Å². The Morgan fingerprint density at radius 1 is 1.56 bits per heavy atom. The zero-order valence-electron chi connectivity index (χ0n) is 10.1. The second-order valence-electron chi connectivity index (χ2n) is 4.38. The number of hydrogen-bond acceptors (Lipinski definition) is 3. The molecule has 3 nitrogen and oxygen atoms in total. The number of Topliss-reactive ketones (excluding diaryl/α,β-unsaturated/α-hetero) is 1. The Morgan fingerprint density at radius 3 is 3.00 bits per heavy atom. The van der Waals surface area contributed by atoms with Crippen molar-refractivity contribution in [3.05, 3.63) is 34.6 Å². The summed E-state index contributed by atoms with van der Waals surface area (Å²) < 4.78 is 18.9. The maximum absolute atomic E-state index is 13.6. The third kappa shape index (κ3) is 2.71. The molecular formula is C13H15ClFNO2. The molecule has 1 aliphatic heterocycles. The molecule has 0 saturated carbocycles. The molecule has 18 heavy (non-hydrogen) atoms. The highest BCUT2D eigenvalue weighted by Gasteiger charge is 2.33. The molecule has 1 fully saturated rings. The fraction of sp³-hybridized carbons (Fsp3) is 0.462. The Bertz CT molecular complexity index is 432. The molecule has 0 amide bonds. The quantitative estimate of drug-likeness (QED) is 0.908. The lowest BCUT2D eigenvalue weighted by Gasteiger charge is -2.16. The molecule has 0 bridgehead atoms. The molecule has 2 atom stereocenters. The van der Waals surface area contributed by atoms with Crippen LogP contribution in [0.2, 0.25) is 5.02 Å². The fourth-order valence-electron chi connectivity index (χ4n) is 2.16. The lowest BCUT2D eigenvalue weighted by molar-refractivity contribution is -0.122. The van der Waals surface area contributed by atoms with Crippen molar-refractivity contribution in [2.24, 2.45) is 5.92 Å². The molecule has 0 radical (unpaired) electrons.